The van der Waals surface area contributed by atoms with E-state index in [1.807, 2.05) is 42.5 Å². The highest BCUT2D eigenvalue weighted by atomic mass is 16.7. The molecule has 1 aromatic heterocycles. The number of nitrogens with zero attached hydrogens (tertiary/aromatic N) is 1. The second kappa shape index (κ2) is 6.11. The predicted octanol–water partition coefficient (Wildman–Crippen LogP) is 2.70. The van der Waals surface area contributed by atoms with Crippen molar-refractivity contribution >= 4 is 5.97 Å². The summed E-state index contributed by atoms with van der Waals surface area (Å²) in [6, 6.07) is 13.6. The number of esters is 1. The van der Waals surface area contributed by atoms with Crippen LogP contribution in [-0.2, 0) is 20.9 Å². The van der Waals surface area contributed by atoms with Crippen molar-refractivity contribution < 1.29 is 18.8 Å². The summed E-state index contributed by atoms with van der Waals surface area (Å²) in [7, 11) is 1.37. The van der Waals surface area contributed by atoms with Gasteiger partial charge in [0.2, 0.25) is 0 Å². The molecule has 3 rings (SSSR count). The molecule has 2 aromatic rings. The van der Waals surface area contributed by atoms with Crippen LogP contribution in [0.25, 0.3) is 0 Å². The molecule has 0 unspecified atom stereocenters. The number of rotatable bonds is 4. The molecule has 0 spiro atoms. The normalized spacial score (nSPS) is 22.3. The van der Waals surface area contributed by atoms with Gasteiger partial charge in [-0.05, 0) is 17.7 Å². The van der Waals surface area contributed by atoms with Crippen molar-refractivity contribution in [1.29, 1.82) is 0 Å². The second-order valence-corrected chi connectivity index (χ2v) is 4.94. The van der Waals surface area contributed by atoms with Gasteiger partial charge in [-0.3, -0.25) is 4.84 Å². The molecule has 2 atom stereocenters. The van der Waals surface area contributed by atoms with Crippen LogP contribution < -0.4 is 0 Å². The van der Waals surface area contributed by atoms with Gasteiger partial charge in [0.15, 0.2) is 6.10 Å². The van der Waals surface area contributed by atoms with E-state index in [1.54, 1.807) is 11.3 Å². The molecular weight excluding hydrogens is 270 g/mol. The molecule has 110 valence electrons. The van der Waals surface area contributed by atoms with E-state index in [0.717, 1.165) is 11.3 Å². The molecule has 1 fully saturated rings. The topological polar surface area (TPSA) is 51.9 Å². The zero-order chi connectivity index (χ0) is 14.7. The van der Waals surface area contributed by atoms with Crippen LogP contribution in [0.15, 0.2) is 53.1 Å². The molecular formula is C16H17NO4. The van der Waals surface area contributed by atoms with E-state index < -0.39 is 6.10 Å². The zero-order valence-electron chi connectivity index (χ0n) is 11.8. The quantitative estimate of drug-likeness (QED) is 0.809. The van der Waals surface area contributed by atoms with Gasteiger partial charge in [-0.25, -0.2) is 4.79 Å². The van der Waals surface area contributed by atoms with Gasteiger partial charge in [0.1, 0.15) is 5.76 Å². The van der Waals surface area contributed by atoms with Gasteiger partial charge in [0.25, 0.3) is 0 Å². The first-order chi connectivity index (χ1) is 10.3. The van der Waals surface area contributed by atoms with Gasteiger partial charge in [0.05, 0.1) is 19.4 Å². The molecule has 0 N–H and O–H groups in total. The Morgan fingerprint density at radius 2 is 2.10 bits per heavy atom. The molecule has 1 aromatic carbocycles. The molecule has 0 aliphatic carbocycles. The summed E-state index contributed by atoms with van der Waals surface area (Å²) in [6.45, 7) is 0.583. The van der Waals surface area contributed by atoms with Crippen LogP contribution >= 0.6 is 0 Å². The van der Waals surface area contributed by atoms with Crippen LogP contribution in [-0.4, -0.2) is 24.2 Å². The van der Waals surface area contributed by atoms with E-state index in [9.17, 15) is 4.79 Å². The molecule has 0 amide bonds. The summed E-state index contributed by atoms with van der Waals surface area (Å²) in [6.07, 6.45) is 1.56. The lowest BCUT2D eigenvalue weighted by atomic mass is 10.1. The molecule has 0 bridgehead atoms. The lowest BCUT2D eigenvalue weighted by molar-refractivity contribution is -0.192. The predicted molar refractivity (Wildman–Crippen MR) is 74.9 cm³/mol. The minimum absolute atomic E-state index is 0.0932. The number of methoxy groups -OCH3 is 1. The number of hydroxylamine groups is 2. The van der Waals surface area contributed by atoms with Crippen LogP contribution in [0.5, 0.6) is 0 Å². The van der Waals surface area contributed by atoms with Crippen molar-refractivity contribution in [3.63, 3.8) is 0 Å². The van der Waals surface area contributed by atoms with Gasteiger partial charge >= 0.3 is 5.97 Å². The van der Waals surface area contributed by atoms with Crippen molar-refractivity contribution in [3.05, 3.63) is 60.1 Å². The molecule has 0 saturated carbocycles. The van der Waals surface area contributed by atoms with Gasteiger partial charge in [-0.2, -0.15) is 5.06 Å². The highest BCUT2D eigenvalue weighted by Crippen LogP contribution is 2.35. The largest absolute Gasteiger partial charge is 0.468 e. The van der Waals surface area contributed by atoms with E-state index in [4.69, 9.17) is 14.0 Å². The smallest absolute Gasteiger partial charge is 0.337 e. The van der Waals surface area contributed by atoms with Crippen molar-refractivity contribution in [1.82, 2.24) is 5.06 Å². The highest BCUT2D eigenvalue weighted by Gasteiger charge is 2.40. The third-order valence-electron chi connectivity index (χ3n) is 3.56. The second-order valence-electron chi connectivity index (χ2n) is 4.94. The summed E-state index contributed by atoms with van der Waals surface area (Å²) < 4.78 is 10.3. The zero-order valence-corrected chi connectivity index (χ0v) is 11.8. The average Bonchev–Trinajstić information content (AvgIpc) is 3.16. The first-order valence-corrected chi connectivity index (χ1v) is 6.86. The van der Waals surface area contributed by atoms with E-state index >= 15 is 0 Å². The summed E-state index contributed by atoms with van der Waals surface area (Å²) >= 11 is 0. The van der Waals surface area contributed by atoms with E-state index in [2.05, 4.69) is 0 Å². The first kappa shape index (κ1) is 13.9. The fourth-order valence-electron chi connectivity index (χ4n) is 2.52. The Morgan fingerprint density at radius 3 is 2.76 bits per heavy atom. The summed E-state index contributed by atoms with van der Waals surface area (Å²) in [5, 5.41) is 1.79. The Bertz CT molecular complexity index is 582. The van der Waals surface area contributed by atoms with E-state index in [-0.39, 0.29) is 12.0 Å². The van der Waals surface area contributed by atoms with Gasteiger partial charge in [0, 0.05) is 13.0 Å². The third kappa shape index (κ3) is 2.99. The van der Waals surface area contributed by atoms with Gasteiger partial charge in [-0.15, -0.1) is 0 Å². The summed E-state index contributed by atoms with van der Waals surface area (Å²) in [5.74, 6) is 0.430. The lowest BCUT2D eigenvalue weighted by Crippen LogP contribution is -2.25. The SMILES string of the molecule is COC(=O)[C@@H]1C[C@H](c2ccco2)N(Cc2ccccc2)O1. The Hall–Kier alpha value is -2.11. The molecule has 0 radical (unpaired) electrons. The lowest BCUT2D eigenvalue weighted by Gasteiger charge is -2.21. The van der Waals surface area contributed by atoms with Crippen molar-refractivity contribution in [2.45, 2.75) is 25.1 Å². The van der Waals surface area contributed by atoms with Crippen molar-refractivity contribution in [2.24, 2.45) is 0 Å². The number of hydrogen-bond acceptors (Lipinski definition) is 5. The van der Waals surface area contributed by atoms with Crippen LogP contribution in [0.1, 0.15) is 23.8 Å². The molecule has 5 nitrogen and oxygen atoms in total. The van der Waals surface area contributed by atoms with E-state index in [0.29, 0.717) is 13.0 Å². The summed E-state index contributed by atoms with van der Waals surface area (Å²) in [5.41, 5.74) is 1.11. The fourth-order valence-corrected chi connectivity index (χ4v) is 2.52. The maximum absolute atomic E-state index is 11.7. The van der Waals surface area contributed by atoms with Crippen LogP contribution in [0.2, 0.25) is 0 Å². The molecule has 1 aliphatic heterocycles. The summed E-state index contributed by atoms with van der Waals surface area (Å²) in [4.78, 5) is 17.5. The average molecular weight is 287 g/mol. The molecule has 1 saturated heterocycles. The Balaban J connectivity index is 1.80. The molecule has 5 heteroatoms. The van der Waals surface area contributed by atoms with Crippen molar-refractivity contribution in [3.8, 4) is 0 Å². The number of ether oxygens (including phenoxy) is 1. The number of hydrogen-bond donors (Lipinski definition) is 0. The maximum Gasteiger partial charge on any atom is 0.337 e. The fraction of sp³-hybridized carbons (Fsp3) is 0.312. The number of furan rings is 1. The number of carbonyl (C=O) groups excluding carboxylic acids is 1. The number of benzene rings is 1. The standard InChI is InChI=1S/C16H17NO4/c1-19-16(18)15-10-13(14-8-5-9-20-14)17(21-15)11-12-6-3-2-4-7-12/h2-9,13,15H,10-11H2,1H3/t13-,15+/m1/s1. The molecule has 1 aliphatic rings. The monoisotopic (exact) mass is 287 g/mol. The molecule has 2 heterocycles. The first-order valence-electron chi connectivity index (χ1n) is 6.86. The van der Waals surface area contributed by atoms with E-state index in [1.165, 1.54) is 7.11 Å². The Labute approximate surface area is 123 Å². The van der Waals surface area contributed by atoms with Crippen LogP contribution in [0.3, 0.4) is 0 Å². The molecule has 21 heavy (non-hydrogen) atoms. The maximum atomic E-state index is 11.7. The van der Waals surface area contributed by atoms with Crippen LogP contribution in [0.4, 0.5) is 0 Å². The highest BCUT2D eigenvalue weighted by molar-refractivity contribution is 5.74. The Kier molecular flexibility index (Phi) is 4.03. The number of carbonyl (C=O) groups is 1. The van der Waals surface area contributed by atoms with Gasteiger partial charge < -0.3 is 9.15 Å². The minimum Gasteiger partial charge on any atom is -0.468 e. The van der Waals surface area contributed by atoms with Gasteiger partial charge in [-0.1, -0.05) is 30.3 Å². The minimum atomic E-state index is -0.589. The third-order valence-corrected chi connectivity index (χ3v) is 3.56. The Morgan fingerprint density at radius 1 is 1.29 bits per heavy atom. The van der Waals surface area contributed by atoms with Crippen LogP contribution in [0, 0.1) is 0 Å². The van der Waals surface area contributed by atoms with Crippen molar-refractivity contribution in [2.75, 3.05) is 7.11 Å².